The van der Waals surface area contributed by atoms with Gasteiger partial charge in [0.2, 0.25) is 0 Å². The predicted octanol–water partition coefficient (Wildman–Crippen LogP) is 3.17. The molecule has 0 unspecified atom stereocenters. The Labute approximate surface area is 80.0 Å². The molecule has 0 bridgehead atoms. The molecule has 0 aliphatic carbocycles. The van der Waals surface area contributed by atoms with E-state index in [9.17, 15) is 0 Å². The van der Waals surface area contributed by atoms with Gasteiger partial charge < -0.3 is 4.74 Å². The summed E-state index contributed by atoms with van der Waals surface area (Å²) in [6, 6.07) is 10.2. The molecule has 0 heterocycles. The molecule has 1 heteroatoms. The summed E-state index contributed by atoms with van der Waals surface area (Å²) in [6.45, 7) is 3.55. The van der Waals surface area contributed by atoms with E-state index in [1.54, 1.807) is 0 Å². The molecule has 0 spiro atoms. The second-order valence-electron chi connectivity index (χ2n) is 2.90. The Morgan fingerprint density at radius 1 is 1.23 bits per heavy atom. The molecule has 0 saturated heterocycles. The highest BCUT2D eigenvalue weighted by Crippen LogP contribution is 2.00. The number of rotatable bonds is 5. The lowest BCUT2D eigenvalue weighted by atomic mass is 10.2. The van der Waals surface area contributed by atoms with Crippen LogP contribution in [0, 0.1) is 0 Å². The van der Waals surface area contributed by atoms with Gasteiger partial charge in [-0.15, -0.1) is 0 Å². The van der Waals surface area contributed by atoms with Gasteiger partial charge in [-0.3, -0.25) is 0 Å². The minimum absolute atomic E-state index is 0.721. The van der Waals surface area contributed by atoms with Gasteiger partial charge in [0, 0.05) is 0 Å². The summed E-state index contributed by atoms with van der Waals surface area (Å²) in [5, 5.41) is 0. The first-order chi connectivity index (χ1) is 6.43. The molecule has 1 aromatic carbocycles. The Morgan fingerprint density at radius 2 is 2.00 bits per heavy atom. The summed E-state index contributed by atoms with van der Waals surface area (Å²) in [5.41, 5.74) is 1.24. The van der Waals surface area contributed by atoms with Crippen molar-refractivity contribution >= 4 is 0 Å². The van der Waals surface area contributed by atoms with Crippen molar-refractivity contribution in [3.05, 3.63) is 48.0 Å². The lowest BCUT2D eigenvalue weighted by Gasteiger charge is -2.01. The van der Waals surface area contributed by atoms with E-state index >= 15 is 0 Å². The molecule has 0 atom stereocenters. The molecule has 0 aromatic heterocycles. The van der Waals surface area contributed by atoms with Gasteiger partial charge >= 0.3 is 0 Å². The smallest absolute Gasteiger partial charge is 0.0717 e. The van der Waals surface area contributed by atoms with Gasteiger partial charge in [-0.1, -0.05) is 42.5 Å². The van der Waals surface area contributed by atoms with Gasteiger partial charge in [-0.05, 0) is 18.9 Å². The van der Waals surface area contributed by atoms with Crippen LogP contribution in [0.15, 0.2) is 42.5 Å². The average molecular weight is 176 g/mol. The fourth-order valence-corrected chi connectivity index (χ4v) is 1.08. The highest BCUT2D eigenvalue weighted by molar-refractivity contribution is 5.13. The van der Waals surface area contributed by atoms with Gasteiger partial charge in [-0.25, -0.2) is 0 Å². The molecule has 13 heavy (non-hydrogen) atoms. The van der Waals surface area contributed by atoms with Gasteiger partial charge in [0.1, 0.15) is 0 Å². The van der Waals surface area contributed by atoms with E-state index in [4.69, 9.17) is 4.74 Å². The number of hydrogen-bond acceptors (Lipinski definition) is 1. The molecule has 0 amide bonds. The van der Waals surface area contributed by atoms with Crippen molar-refractivity contribution in [2.45, 2.75) is 20.0 Å². The van der Waals surface area contributed by atoms with Crippen LogP contribution in [0.2, 0.25) is 0 Å². The Balaban J connectivity index is 2.13. The largest absolute Gasteiger partial charge is 0.376 e. The predicted molar refractivity (Wildman–Crippen MR) is 55.5 cm³/mol. The first-order valence-corrected chi connectivity index (χ1v) is 4.66. The van der Waals surface area contributed by atoms with Crippen molar-refractivity contribution in [1.29, 1.82) is 0 Å². The quantitative estimate of drug-likeness (QED) is 0.494. The van der Waals surface area contributed by atoms with E-state index in [0.29, 0.717) is 0 Å². The second kappa shape index (κ2) is 6.44. The Bertz CT molecular complexity index is 239. The maximum atomic E-state index is 5.47. The zero-order chi connectivity index (χ0) is 9.36. The SMILES string of the molecule is C/C=C/CCOCc1ccccc1. The molecule has 0 N–H and O–H groups in total. The molecule has 0 radical (unpaired) electrons. The van der Waals surface area contributed by atoms with Crippen molar-refractivity contribution < 1.29 is 4.74 Å². The summed E-state index contributed by atoms with van der Waals surface area (Å²) >= 11 is 0. The number of ether oxygens (including phenoxy) is 1. The Kier molecular flexibility index (Phi) is 4.95. The lowest BCUT2D eigenvalue weighted by Crippen LogP contribution is -1.93. The standard InChI is InChI=1S/C12H16O/c1-2-3-7-10-13-11-12-8-5-4-6-9-12/h2-6,8-9H,7,10-11H2,1H3/b3-2+. The van der Waals surface area contributed by atoms with E-state index in [0.717, 1.165) is 19.6 Å². The number of hydrogen-bond donors (Lipinski definition) is 0. The van der Waals surface area contributed by atoms with E-state index in [1.165, 1.54) is 5.56 Å². The van der Waals surface area contributed by atoms with Crippen LogP contribution in [0.4, 0.5) is 0 Å². The molecule has 0 aliphatic rings. The van der Waals surface area contributed by atoms with Crippen LogP contribution < -0.4 is 0 Å². The fraction of sp³-hybridized carbons (Fsp3) is 0.333. The number of allylic oxidation sites excluding steroid dienone is 1. The highest BCUT2D eigenvalue weighted by Gasteiger charge is 1.89. The molecular formula is C12H16O. The maximum absolute atomic E-state index is 5.47. The van der Waals surface area contributed by atoms with Gasteiger partial charge in [0.25, 0.3) is 0 Å². The molecule has 0 aliphatic heterocycles. The summed E-state index contributed by atoms with van der Waals surface area (Å²) in [5.74, 6) is 0. The monoisotopic (exact) mass is 176 g/mol. The van der Waals surface area contributed by atoms with Crippen LogP contribution >= 0.6 is 0 Å². The molecule has 1 nitrogen and oxygen atoms in total. The van der Waals surface area contributed by atoms with Crippen molar-refractivity contribution in [3.63, 3.8) is 0 Å². The molecule has 0 fully saturated rings. The van der Waals surface area contributed by atoms with Crippen molar-refractivity contribution in [3.8, 4) is 0 Å². The normalized spacial score (nSPS) is 10.8. The zero-order valence-electron chi connectivity index (χ0n) is 8.07. The van der Waals surface area contributed by atoms with Crippen LogP contribution in [0.5, 0.6) is 0 Å². The molecular weight excluding hydrogens is 160 g/mol. The zero-order valence-corrected chi connectivity index (χ0v) is 8.07. The summed E-state index contributed by atoms with van der Waals surface area (Å²) in [4.78, 5) is 0. The minimum Gasteiger partial charge on any atom is -0.376 e. The molecule has 1 aromatic rings. The Hall–Kier alpha value is -1.08. The van der Waals surface area contributed by atoms with E-state index in [-0.39, 0.29) is 0 Å². The Morgan fingerprint density at radius 3 is 2.69 bits per heavy atom. The van der Waals surface area contributed by atoms with E-state index < -0.39 is 0 Å². The molecule has 1 rings (SSSR count). The molecule has 70 valence electrons. The van der Waals surface area contributed by atoms with Gasteiger partial charge in [-0.2, -0.15) is 0 Å². The van der Waals surface area contributed by atoms with E-state index in [2.05, 4.69) is 18.2 Å². The van der Waals surface area contributed by atoms with E-state index in [1.807, 2.05) is 31.2 Å². The van der Waals surface area contributed by atoms with Crippen LogP contribution in [0.3, 0.4) is 0 Å². The summed E-state index contributed by atoms with van der Waals surface area (Å²) < 4.78 is 5.47. The van der Waals surface area contributed by atoms with Crippen LogP contribution in [-0.2, 0) is 11.3 Å². The fourth-order valence-electron chi connectivity index (χ4n) is 1.08. The van der Waals surface area contributed by atoms with Gasteiger partial charge in [0.05, 0.1) is 13.2 Å². The van der Waals surface area contributed by atoms with Crippen molar-refractivity contribution in [2.75, 3.05) is 6.61 Å². The summed E-state index contributed by atoms with van der Waals surface area (Å²) in [6.07, 6.45) is 5.17. The third kappa shape index (κ3) is 4.48. The van der Waals surface area contributed by atoms with Crippen LogP contribution in [-0.4, -0.2) is 6.61 Å². The van der Waals surface area contributed by atoms with Gasteiger partial charge in [0.15, 0.2) is 0 Å². The van der Waals surface area contributed by atoms with Crippen molar-refractivity contribution in [2.24, 2.45) is 0 Å². The lowest BCUT2D eigenvalue weighted by molar-refractivity contribution is 0.125. The minimum atomic E-state index is 0.721. The summed E-state index contributed by atoms with van der Waals surface area (Å²) in [7, 11) is 0. The van der Waals surface area contributed by atoms with Crippen molar-refractivity contribution in [1.82, 2.24) is 0 Å². The number of benzene rings is 1. The third-order valence-electron chi connectivity index (χ3n) is 1.78. The first-order valence-electron chi connectivity index (χ1n) is 4.66. The second-order valence-corrected chi connectivity index (χ2v) is 2.90. The topological polar surface area (TPSA) is 9.23 Å². The molecule has 0 saturated carbocycles. The highest BCUT2D eigenvalue weighted by atomic mass is 16.5. The first kappa shape index (κ1) is 10.0. The average Bonchev–Trinajstić information content (AvgIpc) is 2.19. The third-order valence-corrected chi connectivity index (χ3v) is 1.78. The van der Waals surface area contributed by atoms with Crippen LogP contribution in [0.25, 0.3) is 0 Å². The van der Waals surface area contributed by atoms with Crippen LogP contribution in [0.1, 0.15) is 18.9 Å². The maximum Gasteiger partial charge on any atom is 0.0717 e.